The third kappa shape index (κ3) is 2.69. The van der Waals surface area contributed by atoms with Crippen LogP contribution in [0.3, 0.4) is 0 Å². The standard InChI is InChI=1S/C15H23NO3/c1-4-16-7-5-11-9-14(18-2)15(19-3)10-12(11)13(16)6-8-17/h9-10,13,17H,4-8H2,1-3H3. The summed E-state index contributed by atoms with van der Waals surface area (Å²) in [5.41, 5.74) is 2.57. The topological polar surface area (TPSA) is 41.9 Å². The summed E-state index contributed by atoms with van der Waals surface area (Å²) in [6, 6.07) is 4.42. The van der Waals surface area contributed by atoms with Crippen LogP contribution >= 0.6 is 0 Å². The van der Waals surface area contributed by atoms with Crippen molar-refractivity contribution in [3.05, 3.63) is 23.3 Å². The van der Waals surface area contributed by atoms with Crippen molar-refractivity contribution in [2.24, 2.45) is 0 Å². The summed E-state index contributed by atoms with van der Waals surface area (Å²) < 4.78 is 10.8. The van der Waals surface area contributed by atoms with Gasteiger partial charge in [0.25, 0.3) is 0 Å². The number of aliphatic hydroxyl groups excluding tert-OH is 1. The van der Waals surface area contributed by atoms with Crippen LogP contribution in [-0.4, -0.2) is 43.9 Å². The minimum Gasteiger partial charge on any atom is -0.493 e. The van der Waals surface area contributed by atoms with Crippen LogP contribution in [0.1, 0.15) is 30.5 Å². The Labute approximate surface area is 114 Å². The first kappa shape index (κ1) is 14.2. The Hall–Kier alpha value is -1.26. The second kappa shape index (κ2) is 6.26. The molecule has 0 aliphatic carbocycles. The van der Waals surface area contributed by atoms with Crippen molar-refractivity contribution in [1.29, 1.82) is 0 Å². The fourth-order valence-electron chi connectivity index (χ4n) is 2.92. The number of methoxy groups -OCH3 is 2. The molecule has 1 heterocycles. The molecule has 1 atom stereocenters. The summed E-state index contributed by atoms with van der Waals surface area (Å²) in [4.78, 5) is 2.41. The lowest BCUT2D eigenvalue weighted by molar-refractivity contribution is 0.153. The second-order valence-electron chi connectivity index (χ2n) is 4.81. The molecule has 0 saturated heterocycles. The van der Waals surface area contributed by atoms with E-state index in [-0.39, 0.29) is 12.6 Å². The van der Waals surface area contributed by atoms with E-state index in [1.165, 1.54) is 11.1 Å². The van der Waals surface area contributed by atoms with Gasteiger partial charge >= 0.3 is 0 Å². The molecule has 0 fully saturated rings. The molecule has 4 nitrogen and oxygen atoms in total. The first-order valence-corrected chi connectivity index (χ1v) is 6.84. The van der Waals surface area contributed by atoms with E-state index in [0.29, 0.717) is 0 Å². The highest BCUT2D eigenvalue weighted by molar-refractivity contribution is 5.49. The summed E-state index contributed by atoms with van der Waals surface area (Å²) in [6.07, 6.45) is 1.78. The minimum absolute atomic E-state index is 0.203. The van der Waals surface area contributed by atoms with E-state index >= 15 is 0 Å². The van der Waals surface area contributed by atoms with Crippen molar-refractivity contribution in [1.82, 2.24) is 4.90 Å². The zero-order chi connectivity index (χ0) is 13.8. The van der Waals surface area contributed by atoms with Crippen LogP contribution in [0.15, 0.2) is 12.1 Å². The lowest BCUT2D eigenvalue weighted by Crippen LogP contribution is -2.35. The average molecular weight is 265 g/mol. The first-order valence-electron chi connectivity index (χ1n) is 6.84. The Kier molecular flexibility index (Phi) is 4.66. The number of hydrogen-bond donors (Lipinski definition) is 1. The molecule has 0 bridgehead atoms. The molecule has 2 rings (SSSR count). The maximum Gasteiger partial charge on any atom is 0.161 e. The zero-order valence-corrected chi connectivity index (χ0v) is 12.0. The van der Waals surface area contributed by atoms with Gasteiger partial charge in [0.05, 0.1) is 14.2 Å². The monoisotopic (exact) mass is 265 g/mol. The van der Waals surface area contributed by atoms with Crippen LogP contribution in [-0.2, 0) is 6.42 Å². The number of rotatable bonds is 5. The molecule has 1 aliphatic rings. The molecule has 19 heavy (non-hydrogen) atoms. The lowest BCUT2D eigenvalue weighted by Gasteiger charge is -2.37. The number of fused-ring (bicyclic) bond motifs is 1. The number of hydrogen-bond acceptors (Lipinski definition) is 4. The number of benzene rings is 1. The Morgan fingerprint density at radius 2 is 1.95 bits per heavy atom. The largest absolute Gasteiger partial charge is 0.493 e. The van der Waals surface area contributed by atoms with Gasteiger partial charge in [0.2, 0.25) is 0 Å². The maximum absolute atomic E-state index is 9.30. The summed E-state index contributed by atoms with van der Waals surface area (Å²) in [6.45, 7) is 4.40. The van der Waals surface area contributed by atoms with E-state index in [9.17, 15) is 5.11 Å². The fourth-order valence-corrected chi connectivity index (χ4v) is 2.92. The van der Waals surface area contributed by atoms with Crippen LogP contribution in [0.25, 0.3) is 0 Å². The van der Waals surface area contributed by atoms with Gasteiger partial charge in [-0.25, -0.2) is 0 Å². The van der Waals surface area contributed by atoms with Crippen molar-refractivity contribution in [3.8, 4) is 11.5 Å². The van der Waals surface area contributed by atoms with Crippen LogP contribution in [0, 0.1) is 0 Å². The SMILES string of the molecule is CCN1CCc2cc(OC)c(OC)cc2C1CCO. The third-order valence-corrected chi connectivity index (χ3v) is 3.92. The molecule has 1 aliphatic heterocycles. The number of likely N-dealkylation sites (N-methyl/N-ethyl adjacent to an activating group) is 1. The Balaban J connectivity index is 2.43. The van der Waals surface area contributed by atoms with E-state index in [4.69, 9.17) is 9.47 Å². The highest BCUT2D eigenvalue weighted by Crippen LogP contribution is 2.39. The third-order valence-electron chi connectivity index (χ3n) is 3.92. The number of aliphatic hydroxyl groups is 1. The van der Waals surface area contributed by atoms with Crippen LogP contribution in [0.2, 0.25) is 0 Å². The summed E-state index contributed by atoms with van der Waals surface area (Å²) in [7, 11) is 3.32. The molecule has 0 amide bonds. The summed E-state index contributed by atoms with van der Waals surface area (Å²) >= 11 is 0. The molecule has 1 N–H and O–H groups in total. The van der Waals surface area contributed by atoms with E-state index in [1.54, 1.807) is 14.2 Å². The van der Waals surface area contributed by atoms with E-state index in [2.05, 4.69) is 24.0 Å². The fraction of sp³-hybridized carbons (Fsp3) is 0.600. The highest BCUT2D eigenvalue weighted by Gasteiger charge is 2.27. The second-order valence-corrected chi connectivity index (χ2v) is 4.81. The van der Waals surface area contributed by atoms with Crippen LogP contribution in [0.4, 0.5) is 0 Å². The van der Waals surface area contributed by atoms with Gasteiger partial charge in [-0.2, -0.15) is 0 Å². The lowest BCUT2D eigenvalue weighted by atomic mass is 9.90. The van der Waals surface area contributed by atoms with Crippen molar-refractivity contribution < 1.29 is 14.6 Å². The molecule has 1 aromatic rings. The Morgan fingerprint density at radius 3 is 2.53 bits per heavy atom. The van der Waals surface area contributed by atoms with Crippen molar-refractivity contribution >= 4 is 0 Å². The van der Waals surface area contributed by atoms with Gasteiger partial charge in [-0.05, 0) is 42.6 Å². The van der Waals surface area contributed by atoms with Gasteiger partial charge in [-0.3, -0.25) is 4.90 Å². The normalized spacial score (nSPS) is 19.1. The summed E-state index contributed by atoms with van der Waals surface area (Å²) in [5, 5.41) is 9.30. The Bertz CT molecular complexity index is 434. The van der Waals surface area contributed by atoms with Gasteiger partial charge in [-0.15, -0.1) is 0 Å². The van der Waals surface area contributed by atoms with Crippen molar-refractivity contribution in [3.63, 3.8) is 0 Å². The highest BCUT2D eigenvalue weighted by atomic mass is 16.5. The predicted octanol–water partition coefficient (Wildman–Crippen LogP) is 2.01. The van der Waals surface area contributed by atoms with Crippen LogP contribution in [0.5, 0.6) is 11.5 Å². The van der Waals surface area contributed by atoms with E-state index in [0.717, 1.165) is 37.4 Å². The molecule has 0 spiro atoms. The van der Waals surface area contributed by atoms with E-state index < -0.39 is 0 Å². The predicted molar refractivity (Wildman–Crippen MR) is 74.9 cm³/mol. The molecule has 4 heteroatoms. The molecule has 106 valence electrons. The minimum atomic E-state index is 0.203. The van der Waals surface area contributed by atoms with Gasteiger partial charge in [0.1, 0.15) is 0 Å². The molecule has 1 unspecified atom stereocenters. The smallest absolute Gasteiger partial charge is 0.161 e. The van der Waals surface area contributed by atoms with Crippen molar-refractivity contribution in [2.75, 3.05) is 33.9 Å². The molecule has 1 aromatic carbocycles. The van der Waals surface area contributed by atoms with Crippen LogP contribution < -0.4 is 9.47 Å². The first-order chi connectivity index (χ1) is 9.24. The van der Waals surface area contributed by atoms with Crippen molar-refractivity contribution in [2.45, 2.75) is 25.8 Å². The van der Waals surface area contributed by atoms with E-state index in [1.807, 2.05) is 0 Å². The van der Waals surface area contributed by atoms with Gasteiger partial charge in [0, 0.05) is 19.2 Å². The van der Waals surface area contributed by atoms with Gasteiger partial charge < -0.3 is 14.6 Å². The molecule has 0 aromatic heterocycles. The number of ether oxygens (including phenoxy) is 2. The zero-order valence-electron chi connectivity index (χ0n) is 12.0. The van der Waals surface area contributed by atoms with Gasteiger partial charge in [-0.1, -0.05) is 6.92 Å². The number of nitrogens with zero attached hydrogens (tertiary/aromatic N) is 1. The molecule has 0 radical (unpaired) electrons. The Morgan fingerprint density at radius 1 is 1.26 bits per heavy atom. The van der Waals surface area contributed by atoms with Gasteiger partial charge in [0.15, 0.2) is 11.5 Å². The molecule has 0 saturated carbocycles. The summed E-state index contributed by atoms with van der Waals surface area (Å²) in [5.74, 6) is 1.55. The average Bonchev–Trinajstić information content (AvgIpc) is 2.46. The quantitative estimate of drug-likeness (QED) is 0.884. The molecular formula is C15H23NO3. The maximum atomic E-state index is 9.30. The molecular weight excluding hydrogens is 242 g/mol.